The molecule has 0 aliphatic heterocycles. The number of pyridine rings is 1. The predicted molar refractivity (Wildman–Crippen MR) is 118 cm³/mol. The maximum absolute atomic E-state index is 9.63. The molecule has 0 fully saturated rings. The van der Waals surface area contributed by atoms with Crippen LogP contribution in [0.15, 0.2) is 28.8 Å². The average molecular weight is 447 g/mol. The van der Waals surface area contributed by atoms with E-state index in [4.69, 9.17) is 31.3 Å². The molecule has 8 nitrogen and oxygen atoms in total. The van der Waals surface area contributed by atoms with E-state index >= 15 is 0 Å². The molecule has 3 aromatic rings. The second-order valence-electron chi connectivity index (χ2n) is 7.70. The summed E-state index contributed by atoms with van der Waals surface area (Å²) in [5.41, 5.74) is 8.71. The molecule has 0 radical (unpaired) electrons. The molecule has 1 unspecified atom stereocenters. The number of methoxy groups -OCH3 is 1. The monoisotopic (exact) mass is 446 g/mol. The van der Waals surface area contributed by atoms with E-state index in [2.05, 4.69) is 29.0 Å². The normalized spacial score (nSPS) is 12.3. The molecule has 3 N–H and O–H groups in total. The fraction of sp³-hybridized carbons (Fsp3) is 0.409. The lowest BCUT2D eigenvalue weighted by Crippen LogP contribution is -2.26. The minimum absolute atomic E-state index is 0.00160. The number of nitrogens with two attached hydrogens (primary N) is 1. The van der Waals surface area contributed by atoms with Gasteiger partial charge in [0, 0.05) is 29.1 Å². The van der Waals surface area contributed by atoms with Crippen molar-refractivity contribution in [1.82, 2.24) is 15.1 Å². The molecule has 0 bridgehead atoms. The van der Waals surface area contributed by atoms with Crippen LogP contribution in [0.3, 0.4) is 0 Å². The van der Waals surface area contributed by atoms with Gasteiger partial charge in [-0.2, -0.15) is 4.98 Å². The first-order valence-electron chi connectivity index (χ1n) is 10.0. The van der Waals surface area contributed by atoms with Crippen molar-refractivity contribution in [2.45, 2.75) is 33.3 Å². The molecule has 2 heterocycles. The lowest BCUT2D eigenvalue weighted by molar-refractivity contribution is 0.112. The maximum atomic E-state index is 9.63. The van der Waals surface area contributed by atoms with E-state index in [9.17, 15) is 5.11 Å². The van der Waals surface area contributed by atoms with E-state index in [0.29, 0.717) is 39.7 Å². The van der Waals surface area contributed by atoms with Gasteiger partial charge in [0.05, 0.1) is 12.1 Å². The molecular weight excluding hydrogens is 420 g/mol. The summed E-state index contributed by atoms with van der Waals surface area (Å²) >= 11 is 6.39. The fourth-order valence-electron chi connectivity index (χ4n) is 3.08. The molecule has 31 heavy (non-hydrogen) atoms. The van der Waals surface area contributed by atoms with Crippen molar-refractivity contribution in [3.05, 3.63) is 40.7 Å². The molecule has 1 atom stereocenters. The largest absolute Gasteiger partial charge is 0.493 e. The van der Waals surface area contributed by atoms with E-state index in [1.54, 1.807) is 12.1 Å². The highest BCUT2D eigenvalue weighted by molar-refractivity contribution is 6.32. The Morgan fingerprint density at radius 2 is 1.94 bits per heavy atom. The van der Waals surface area contributed by atoms with Crippen molar-refractivity contribution in [1.29, 1.82) is 0 Å². The van der Waals surface area contributed by atoms with Crippen molar-refractivity contribution in [2.75, 3.05) is 20.3 Å². The summed E-state index contributed by atoms with van der Waals surface area (Å²) in [5, 5.41) is 14.0. The van der Waals surface area contributed by atoms with Crippen LogP contribution in [0.5, 0.6) is 11.5 Å². The zero-order chi connectivity index (χ0) is 22.5. The Hall–Kier alpha value is -2.68. The summed E-state index contributed by atoms with van der Waals surface area (Å²) in [6.07, 6.45) is 0.0626. The third kappa shape index (κ3) is 5.72. The number of benzene rings is 1. The molecule has 3 rings (SSSR count). The van der Waals surface area contributed by atoms with Gasteiger partial charge >= 0.3 is 0 Å². The number of nitrogens with zero attached hydrogens (tertiary/aromatic N) is 3. The van der Waals surface area contributed by atoms with Crippen LogP contribution in [0.1, 0.15) is 25.2 Å². The Bertz CT molecular complexity index is 1040. The van der Waals surface area contributed by atoms with Crippen molar-refractivity contribution >= 4 is 11.6 Å². The number of aliphatic hydroxyl groups is 1. The summed E-state index contributed by atoms with van der Waals surface area (Å²) in [5.74, 6) is 1.95. The summed E-state index contributed by atoms with van der Waals surface area (Å²) < 4.78 is 16.5. The standard InChI is InChI=1S/C22H27ClN4O4/c1-12(2)5-16-7-15(6-13(3)25-16)22-26-21(27-31-22)14-8-18(23)20(19(9-14)29-4)30-11-17(28)10-24/h6-9,12,17,28H,5,10-11,24H2,1-4H3. The van der Waals surface area contributed by atoms with Gasteiger partial charge in [-0.15, -0.1) is 0 Å². The zero-order valence-corrected chi connectivity index (χ0v) is 18.8. The van der Waals surface area contributed by atoms with Crippen molar-refractivity contribution in [3.8, 4) is 34.3 Å². The maximum Gasteiger partial charge on any atom is 0.258 e. The Morgan fingerprint density at radius 3 is 2.61 bits per heavy atom. The number of rotatable bonds is 9. The molecule has 1 aromatic carbocycles. The van der Waals surface area contributed by atoms with Gasteiger partial charge in [0.1, 0.15) is 12.7 Å². The molecule has 2 aromatic heterocycles. The topological polar surface area (TPSA) is 117 Å². The lowest BCUT2D eigenvalue weighted by Gasteiger charge is -2.15. The first-order chi connectivity index (χ1) is 14.8. The third-order valence-corrected chi connectivity index (χ3v) is 4.76. The van der Waals surface area contributed by atoms with Gasteiger partial charge in [0.15, 0.2) is 11.5 Å². The molecule has 0 saturated heterocycles. The predicted octanol–water partition coefficient (Wildman–Crippen LogP) is 3.67. The minimum atomic E-state index is -0.801. The Balaban J connectivity index is 1.90. The van der Waals surface area contributed by atoms with Crippen LogP contribution in [-0.4, -0.2) is 46.6 Å². The summed E-state index contributed by atoms with van der Waals surface area (Å²) in [7, 11) is 1.50. The molecule has 0 aliphatic carbocycles. The van der Waals surface area contributed by atoms with E-state index in [1.165, 1.54) is 7.11 Å². The van der Waals surface area contributed by atoms with Gasteiger partial charge in [0.25, 0.3) is 5.89 Å². The molecule has 0 aliphatic rings. The highest BCUT2D eigenvalue weighted by atomic mass is 35.5. The quantitative estimate of drug-likeness (QED) is 0.511. The van der Waals surface area contributed by atoms with Crippen molar-refractivity contribution < 1.29 is 19.1 Å². The van der Waals surface area contributed by atoms with Crippen LogP contribution >= 0.6 is 11.6 Å². The summed E-state index contributed by atoms with van der Waals surface area (Å²) in [4.78, 5) is 9.11. The molecule has 0 spiro atoms. The van der Waals surface area contributed by atoms with Crippen LogP contribution < -0.4 is 15.2 Å². The van der Waals surface area contributed by atoms with E-state index in [0.717, 1.165) is 23.4 Å². The fourth-order valence-corrected chi connectivity index (χ4v) is 3.34. The SMILES string of the molecule is COc1cc(-c2noc(-c3cc(C)nc(CC(C)C)c3)n2)cc(Cl)c1OCC(O)CN. The van der Waals surface area contributed by atoms with Gasteiger partial charge in [-0.25, -0.2) is 0 Å². The number of aromatic nitrogens is 3. The first-order valence-corrected chi connectivity index (χ1v) is 10.4. The second kappa shape index (κ2) is 10.1. The Labute approximate surface area is 186 Å². The van der Waals surface area contributed by atoms with Crippen LogP contribution in [-0.2, 0) is 6.42 Å². The van der Waals surface area contributed by atoms with Crippen molar-refractivity contribution in [2.24, 2.45) is 11.7 Å². The van der Waals surface area contributed by atoms with Gasteiger partial charge < -0.3 is 24.8 Å². The first kappa shape index (κ1) is 23.0. The molecule has 0 saturated carbocycles. The van der Waals surface area contributed by atoms with Crippen LogP contribution in [0, 0.1) is 12.8 Å². The summed E-state index contributed by atoms with van der Waals surface area (Å²) in [6, 6.07) is 7.24. The van der Waals surface area contributed by atoms with Crippen molar-refractivity contribution in [3.63, 3.8) is 0 Å². The van der Waals surface area contributed by atoms with Gasteiger partial charge in [0.2, 0.25) is 5.82 Å². The number of hydrogen-bond donors (Lipinski definition) is 2. The van der Waals surface area contributed by atoms with Gasteiger partial charge in [-0.1, -0.05) is 30.6 Å². The number of halogens is 1. The molecule has 9 heteroatoms. The smallest absolute Gasteiger partial charge is 0.258 e. The highest BCUT2D eigenvalue weighted by Crippen LogP contribution is 2.39. The van der Waals surface area contributed by atoms with Crippen LogP contribution in [0.25, 0.3) is 22.8 Å². The van der Waals surface area contributed by atoms with E-state index in [1.807, 2.05) is 19.1 Å². The van der Waals surface area contributed by atoms with E-state index in [-0.39, 0.29) is 13.2 Å². The number of aliphatic hydroxyl groups excluding tert-OH is 1. The number of hydrogen-bond acceptors (Lipinski definition) is 8. The highest BCUT2D eigenvalue weighted by Gasteiger charge is 2.18. The van der Waals surface area contributed by atoms with Crippen LogP contribution in [0.2, 0.25) is 5.02 Å². The Kier molecular flexibility index (Phi) is 7.48. The van der Waals surface area contributed by atoms with E-state index < -0.39 is 6.10 Å². The number of ether oxygens (including phenoxy) is 2. The molecular formula is C22H27ClN4O4. The Morgan fingerprint density at radius 1 is 1.16 bits per heavy atom. The van der Waals surface area contributed by atoms with Crippen LogP contribution in [0.4, 0.5) is 0 Å². The lowest BCUT2D eigenvalue weighted by atomic mass is 10.1. The van der Waals surface area contributed by atoms with Gasteiger partial charge in [-0.3, -0.25) is 4.98 Å². The number of aryl methyl sites for hydroxylation is 1. The molecule has 0 amide bonds. The van der Waals surface area contributed by atoms with Gasteiger partial charge in [-0.05, 0) is 43.5 Å². The third-order valence-electron chi connectivity index (χ3n) is 4.48. The molecule has 166 valence electrons. The second-order valence-corrected chi connectivity index (χ2v) is 8.11. The summed E-state index contributed by atoms with van der Waals surface area (Å²) in [6.45, 7) is 6.32. The average Bonchev–Trinajstić information content (AvgIpc) is 3.21. The minimum Gasteiger partial charge on any atom is -0.493 e. The zero-order valence-electron chi connectivity index (χ0n) is 18.1.